The van der Waals surface area contributed by atoms with Crippen LogP contribution in [0.5, 0.6) is 11.5 Å². The monoisotopic (exact) mass is 368 g/mol. The standard InChI is InChI=1S/C18H16N4O3S/c1-2-9-22-17(12-5-7-19-8-6-12)20-21-18(22)26-11-16(25)13-3-4-14(23)15(24)10-13/h2-8,10,23-24H,1,9,11H2. The highest BCUT2D eigenvalue weighted by atomic mass is 32.2. The number of allylic oxidation sites excluding steroid dienone is 1. The Morgan fingerprint density at radius 3 is 2.62 bits per heavy atom. The van der Waals surface area contributed by atoms with E-state index in [-0.39, 0.29) is 23.0 Å². The highest BCUT2D eigenvalue weighted by molar-refractivity contribution is 7.99. The first-order valence-electron chi connectivity index (χ1n) is 7.72. The molecule has 2 N–H and O–H groups in total. The van der Waals surface area contributed by atoms with Gasteiger partial charge < -0.3 is 10.2 Å². The fourth-order valence-corrected chi connectivity index (χ4v) is 3.16. The normalized spacial score (nSPS) is 10.6. The topological polar surface area (TPSA) is 101 Å². The SMILES string of the molecule is C=CCn1c(SCC(=O)c2ccc(O)c(O)c2)nnc1-c1ccncc1. The molecule has 0 amide bonds. The van der Waals surface area contributed by atoms with Gasteiger partial charge in [0.2, 0.25) is 0 Å². The van der Waals surface area contributed by atoms with Crippen LogP contribution in [-0.2, 0) is 6.54 Å². The smallest absolute Gasteiger partial charge is 0.192 e. The lowest BCUT2D eigenvalue weighted by Crippen LogP contribution is -2.05. The number of hydrogen-bond acceptors (Lipinski definition) is 7. The third-order valence-corrected chi connectivity index (χ3v) is 4.56. The maximum Gasteiger partial charge on any atom is 0.192 e. The molecule has 0 aliphatic rings. The lowest BCUT2D eigenvalue weighted by molar-refractivity contribution is 0.102. The van der Waals surface area contributed by atoms with Crippen LogP contribution in [-0.4, -0.2) is 41.5 Å². The average Bonchev–Trinajstić information content (AvgIpc) is 3.06. The van der Waals surface area contributed by atoms with Gasteiger partial charge in [0, 0.05) is 30.1 Å². The molecule has 132 valence electrons. The van der Waals surface area contributed by atoms with Crippen LogP contribution in [0, 0.1) is 0 Å². The minimum absolute atomic E-state index is 0.121. The molecule has 26 heavy (non-hydrogen) atoms. The third-order valence-electron chi connectivity index (χ3n) is 3.60. The van der Waals surface area contributed by atoms with Crippen molar-refractivity contribution in [3.63, 3.8) is 0 Å². The number of benzene rings is 1. The van der Waals surface area contributed by atoms with Crippen LogP contribution < -0.4 is 0 Å². The van der Waals surface area contributed by atoms with Crippen LogP contribution in [0.3, 0.4) is 0 Å². The fourth-order valence-electron chi connectivity index (χ4n) is 2.31. The number of ketones is 1. The fraction of sp³-hybridized carbons (Fsp3) is 0.111. The third kappa shape index (κ3) is 3.75. The van der Waals surface area contributed by atoms with Gasteiger partial charge in [-0.05, 0) is 30.3 Å². The molecule has 0 unspecified atom stereocenters. The van der Waals surface area contributed by atoms with Crippen molar-refractivity contribution in [3.8, 4) is 22.9 Å². The molecule has 0 saturated carbocycles. The van der Waals surface area contributed by atoms with Gasteiger partial charge in [0.15, 0.2) is 28.3 Å². The van der Waals surface area contributed by atoms with E-state index in [9.17, 15) is 15.0 Å². The summed E-state index contributed by atoms with van der Waals surface area (Å²) in [6.45, 7) is 4.26. The van der Waals surface area contributed by atoms with Gasteiger partial charge in [0.05, 0.1) is 5.75 Å². The van der Waals surface area contributed by atoms with Gasteiger partial charge in [-0.25, -0.2) is 0 Å². The summed E-state index contributed by atoms with van der Waals surface area (Å²) in [5.74, 6) is 0.0153. The quantitative estimate of drug-likeness (QED) is 0.286. The predicted octanol–water partition coefficient (Wildman–Crippen LogP) is 2.91. The van der Waals surface area contributed by atoms with Crippen LogP contribution in [0.4, 0.5) is 0 Å². The molecule has 0 bridgehead atoms. The molecule has 8 heteroatoms. The maximum atomic E-state index is 12.3. The summed E-state index contributed by atoms with van der Waals surface area (Å²) in [6, 6.07) is 7.67. The van der Waals surface area contributed by atoms with E-state index < -0.39 is 0 Å². The van der Waals surface area contributed by atoms with Gasteiger partial charge in [-0.15, -0.1) is 16.8 Å². The van der Waals surface area contributed by atoms with E-state index in [2.05, 4.69) is 21.8 Å². The molecule has 0 spiro atoms. The van der Waals surface area contributed by atoms with Gasteiger partial charge in [-0.3, -0.25) is 14.3 Å². The molecule has 0 radical (unpaired) electrons. The summed E-state index contributed by atoms with van der Waals surface area (Å²) in [5, 5.41) is 27.8. The number of carbonyl (C=O) groups is 1. The Labute approximate surface area is 154 Å². The Kier molecular flexibility index (Phi) is 5.33. The van der Waals surface area contributed by atoms with Crippen LogP contribution >= 0.6 is 11.8 Å². The Morgan fingerprint density at radius 1 is 1.15 bits per heavy atom. The van der Waals surface area contributed by atoms with Crippen molar-refractivity contribution < 1.29 is 15.0 Å². The molecule has 0 aliphatic heterocycles. The van der Waals surface area contributed by atoms with Crippen LogP contribution in [0.15, 0.2) is 60.5 Å². The largest absolute Gasteiger partial charge is 0.504 e. The first-order chi connectivity index (χ1) is 12.6. The zero-order chi connectivity index (χ0) is 18.5. The highest BCUT2D eigenvalue weighted by Gasteiger charge is 2.16. The Morgan fingerprint density at radius 2 is 1.92 bits per heavy atom. The molecule has 0 aliphatic carbocycles. The first-order valence-corrected chi connectivity index (χ1v) is 8.71. The van der Waals surface area contributed by atoms with E-state index in [0.29, 0.717) is 23.1 Å². The van der Waals surface area contributed by atoms with E-state index in [4.69, 9.17) is 0 Å². The van der Waals surface area contributed by atoms with Crippen molar-refractivity contribution in [1.82, 2.24) is 19.7 Å². The van der Waals surface area contributed by atoms with Crippen molar-refractivity contribution >= 4 is 17.5 Å². The summed E-state index contributed by atoms with van der Waals surface area (Å²) >= 11 is 1.25. The minimum Gasteiger partial charge on any atom is -0.504 e. The van der Waals surface area contributed by atoms with Crippen molar-refractivity contribution in [1.29, 1.82) is 0 Å². The van der Waals surface area contributed by atoms with Crippen LogP contribution in [0.2, 0.25) is 0 Å². The molecule has 3 aromatic rings. The lowest BCUT2D eigenvalue weighted by Gasteiger charge is -2.07. The predicted molar refractivity (Wildman–Crippen MR) is 98.3 cm³/mol. The number of pyridine rings is 1. The molecular weight excluding hydrogens is 352 g/mol. The Hall–Kier alpha value is -3.13. The second kappa shape index (κ2) is 7.83. The summed E-state index contributed by atoms with van der Waals surface area (Å²) in [4.78, 5) is 16.3. The molecule has 0 atom stereocenters. The van der Waals surface area contributed by atoms with Gasteiger partial charge in [0.25, 0.3) is 0 Å². The molecule has 7 nitrogen and oxygen atoms in total. The molecular formula is C18H16N4O3S. The number of aromatic nitrogens is 4. The van der Waals surface area contributed by atoms with E-state index in [0.717, 1.165) is 5.56 Å². The van der Waals surface area contributed by atoms with E-state index in [1.165, 1.54) is 30.0 Å². The van der Waals surface area contributed by atoms with Gasteiger partial charge in [0.1, 0.15) is 0 Å². The van der Waals surface area contributed by atoms with Crippen LogP contribution in [0.25, 0.3) is 11.4 Å². The molecule has 3 rings (SSSR count). The lowest BCUT2D eigenvalue weighted by atomic mass is 10.1. The number of thioether (sulfide) groups is 1. The number of nitrogens with zero attached hydrogens (tertiary/aromatic N) is 4. The van der Waals surface area contributed by atoms with Crippen LogP contribution in [0.1, 0.15) is 10.4 Å². The van der Waals surface area contributed by atoms with E-state index >= 15 is 0 Å². The number of phenolic OH excluding ortho intramolecular Hbond substituents is 2. The number of phenols is 2. The van der Waals surface area contributed by atoms with Crippen molar-refractivity contribution in [2.45, 2.75) is 11.7 Å². The van der Waals surface area contributed by atoms with E-state index in [1.54, 1.807) is 18.5 Å². The number of Topliss-reactive ketones (excluding diaryl/α,β-unsaturated/α-hetero) is 1. The van der Waals surface area contributed by atoms with Crippen molar-refractivity contribution in [3.05, 3.63) is 60.9 Å². The number of rotatable bonds is 7. The number of aromatic hydroxyl groups is 2. The average molecular weight is 368 g/mol. The Bertz CT molecular complexity index is 941. The number of carbonyl (C=O) groups excluding carboxylic acids is 1. The van der Waals surface area contributed by atoms with Crippen molar-refractivity contribution in [2.75, 3.05) is 5.75 Å². The summed E-state index contributed by atoms with van der Waals surface area (Å²) in [6.07, 6.45) is 5.09. The zero-order valence-electron chi connectivity index (χ0n) is 13.7. The zero-order valence-corrected chi connectivity index (χ0v) is 14.6. The minimum atomic E-state index is -0.323. The summed E-state index contributed by atoms with van der Waals surface area (Å²) in [5.41, 5.74) is 1.19. The van der Waals surface area contributed by atoms with Gasteiger partial charge in [-0.2, -0.15) is 0 Å². The van der Waals surface area contributed by atoms with Gasteiger partial charge in [-0.1, -0.05) is 17.8 Å². The molecule has 2 heterocycles. The first kappa shape index (κ1) is 17.7. The molecule has 2 aromatic heterocycles. The molecule has 1 aromatic carbocycles. The summed E-state index contributed by atoms with van der Waals surface area (Å²) < 4.78 is 1.87. The van der Waals surface area contributed by atoms with E-state index in [1.807, 2.05) is 16.7 Å². The second-order valence-corrected chi connectivity index (χ2v) is 6.30. The Balaban J connectivity index is 1.79. The highest BCUT2D eigenvalue weighted by Crippen LogP contribution is 2.27. The maximum absolute atomic E-state index is 12.3. The molecule has 0 saturated heterocycles. The number of hydrogen-bond donors (Lipinski definition) is 2. The molecule has 0 fully saturated rings. The van der Waals surface area contributed by atoms with Crippen molar-refractivity contribution in [2.24, 2.45) is 0 Å². The summed E-state index contributed by atoms with van der Waals surface area (Å²) in [7, 11) is 0. The second-order valence-electron chi connectivity index (χ2n) is 5.36. The van der Waals surface area contributed by atoms with Gasteiger partial charge >= 0.3 is 0 Å².